The predicted octanol–water partition coefficient (Wildman–Crippen LogP) is 3.71. The van der Waals surface area contributed by atoms with Gasteiger partial charge >= 0.3 is 0 Å². The van der Waals surface area contributed by atoms with Gasteiger partial charge in [-0.3, -0.25) is 0 Å². The number of fused-ring (bicyclic) bond motifs is 1. The van der Waals surface area contributed by atoms with Crippen LogP contribution in [-0.2, 0) is 0 Å². The van der Waals surface area contributed by atoms with Gasteiger partial charge < -0.3 is 0 Å². The van der Waals surface area contributed by atoms with Gasteiger partial charge in [-0.1, -0.05) is 33.6 Å². The first-order valence-electron chi connectivity index (χ1n) is 5.77. The summed E-state index contributed by atoms with van der Waals surface area (Å²) in [5, 5.41) is 0. The SMILES string of the molecule is CCC(C)CC(CC)C1C2CC21. The normalized spacial score (nSPS) is 41.8. The maximum Gasteiger partial charge on any atom is -0.0323 e. The highest BCUT2D eigenvalue weighted by atomic mass is 14.7. The van der Waals surface area contributed by atoms with Crippen molar-refractivity contribution in [2.75, 3.05) is 0 Å². The number of rotatable bonds is 5. The lowest BCUT2D eigenvalue weighted by Gasteiger charge is -2.21. The molecule has 0 nitrogen and oxygen atoms in total. The van der Waals surface area contributed by atoms with Gasteiger partial charge in [-0.2, -0.15) is 0 Å². The molecule has 2 saturated carbocycles. The first kappa shape index (κ1) is 8.59. The molecule has 2 rings (SSSR count). The highest BCUT2D eigenvalue weighted by Gasteiger charge is 2.65. The molecule has 0 N–H and O–H groups in total. The molecule has 0 spiro atoms. The van der Waals surface area contributed by atoms with E-state index in [4.69, 9.17) is 0 Å². The van der Waals surface area contributed by atoms with E-state index in [1.165, 1.54) is 37.0 Å². The number of hydrogen-bond acceptors (Lipinski definition) is 0. The van der Waals surface area contributed by atoms with Crippen LogP contribution < -0.4 is 0 Å². The molecule has 0 aromatic rings. The van der Waals surface area contributed by atoms with E-state index in [2.05, 4.69) is 20.8 Å². The van der Waals surface area contributed by atoms with Crippen LogP contribution in [0, 0.1) is 29.6 Å². The average Bonchev–Trinajstić information content (AvgIpc) is 2.90. The van der Waals surface area contributed by atoms with E-state index < -0.39 is 0 Å². The Morgan fingerprint density at radius 1 is 1.17 bits per heavy atom. The smallest absolute Gasteiger partial charge is 0.0323 e. The Hall–Kier alpha value is 0. The summed E-state index contributed by atoms with van der Waals surface area (Å²) < 4.78 is 0. The molecule has 4 atom stereocenters. The molecule has 0 bridgehead atoms. The summed E-state index contributed by atoms with van der Waals surface area (Å²) in [6.07, 6.45) is 5.90. The van der Waals surface area contributed by atoms with E-state index in [1.54, 1.807) is 6.42 Å². The van der Waals surface area contributed by atoms with E-state index in [-0.39, 0.29) is 0 Å². The summed E-state index contributed by atoms with van der Waals surface area (Å²) in [6, 6.07) is 0. The van der Waals surface area contributed by atoms with Crippen LogP contribution in [0.1, 0.15) is 46.5 Å². The van der Waals surface area contributed by atoms with Crippen LogP contribution in [-0.4, -0.2) is 0 Å². The zero-order valence-corrected chi connectivity index (χ0v) is 8.72. The van der Waals surface area contributed by atoms with Crippen molar-refractivity contribution in [1.82, 2.24) is 0 Å². The maximum atomic E-state index is 2.41. The molecular formula is C12H22. The van der Waals surface area contributed by atoms with E-state index >= 15 is 0 Å². The van der Waals surface area contributed by atoms with Crippen LogP contribution >= 0.6 is 0 Å². The Labute approximate surface area is 76.7 Å². The van der Waals surface area contributed by atoms with Crippen molar-refractivity contribution in [3.63, 3.8) is 0 Å². The molecule has 2 fully saturated rings. The molecule has 0 amide bonds. The molecule has 0 heteroatoms. The summed E-state index contributed by atoms with van der Waals surface area (Å²) in [5.74, 6) is 5.65. The van der Waals surface area contributed by atoms with E-state index in [1.807, 2.05) is 0 Å². The molecule has 2 aliphatic carbocycles. The summed E-state index contributed by atoms with van der Waals surface area (Å²) in [7, 11) is 0. The Kier molecular flexibility index (Phi) is 2.18. The van der Waals surface area contributed by atoms with Gasteiger partial charge in [0.2, 0.25) is 0 Å². The van der Waals surface area contributed by atoms with Crippen LogP contribution in [0.4, 0.5) is 0 Å². The lowest BCUT2D eigenvalue weighted by atomic mass is 9.85. The fourth-order valence-electron chi connectivity index (χ4n) is 2.81. The molecule has 4 unspecified atom stereocenters. The number of hydrogen-bond donors (Lipinski definition) is 0. The topological polar surface area (TPSA) is 0 Å². The average molecular weight is 166 g/mol. The molecule has 0 radical (unpaired) electrons. The maximum absolute atomic E-state index is 2.41. The third-order valence-corrected chi connectivity index (χ3v) is 4.21. The molecule has 2 aliphatic rings. The first-order valence-corrected chi connectivity index (χ1v) is 5.77. The lowest BCUT2D eigenvalue weighted by Crippen LogP contribution is -2.11. The molecule has 70 valence electrons. The van der Waals surface area contributed by atoms with Gasteiger partial charge in [0.1, 0.15) is 0 Å². The lowest BCUT2D eigenvalue weighted by molar-refractivity contribution is 0.296. The molecule has 0 heterocycles. The Morgan fingerprint density at radius 3 is 2.17 bits per heavy atom. The van der Waals surface area contributed by atoms with Gasteiger partial charge in [-0.25, -0.2) is 0 Å². The second-order valence-corrected chi connectivity index (χ2v) is 5.06. The van der Waals surface area contributed by atoms with Crippen LogP contribution in [0.2, 0.25) is 0 Å². The highest BCUT2D eigenvalue weighted by Crippen LogP contribution is 2.71. The van der Waals surface area contributed by atoms with Crippen molar-refractivity contribution in [3.05, 3.63) is 0 Å². The third kappa shape index (κ3) is 1.41. The van der Waals surface area contributed by atoms with Crippen LogP contribution in [0.25, 0.3) is 0 Å². The van der Waals surface area contributed by atoms with Gasteiger partial charge in [-0.05, 0) is 42.4 Å². The van der Waals surface area contributed by atoms with Crippen LogP contribution in [0.15, 0.2) is 0 Å². The van der Waals surface area contributed by atoms with E-state index in [9.17, 15) is 0 Å². The van der Waals surface area contributed by atoms with Gasteiger partial charge in [-0.15, -0.1) is 0 Å². The van der Waals surface area contributed by atoms with Gasteiger partial charge in [0.25, 0.3) is 0 Å². The minimum Gasteiger partial charge on any atom is -0.0651 e. The third-order valence-electron chi connectivity index (χ3n) is 4.21. The predicted molar refractivity (Wildman–Crippen MR) is 52.9 cm³/mol. The highest BCUT2D eigenvalue weighted by molar-refractivity contribution is 5.13. The Bertz CT molecular complexity index is 153. The van der Waals surface area contributed by atoms with Crippen molar-refractivity contribution in [3.8, 4) is 0 Å². The zero-order chi connectivity index (χ0) is 8.72. The van der Waals surface area contributed by atoms with Crippen molar-refractivity contribution >= 4 is 0 Å². The zero-order valence-electron chi connectivity index (χ0n) is 8.72. The molecule has 0 aromatic heterocycles. The largest absolute Gasteiger partial charge is 0.0651 e. The minimum atomic E-state index is 0.968. The van der Waals surface area contributed by atoms with Gasteiger partial charge in [0.05, 0.1) is 0 Å². The summed E-state index contributed by atoms with van der Waals surface area (Å²) in [6.45, 7) is 7.12. The van der Waals surface area contributed by atoms with Gasteiger partial charge in [0.15, 0.2) is 0 Å². The first-order chi connectivity index (χ1) is 5.77. The summed E-state index contributed by atoms with van der Waals surface area (Å²) in [5.41, 5.74) is 0. The van der Waals surface area contributed by atoms with Crippen molar-refractivity contribution < 1.29 is 0 Å². The molecular weight excluding hydrogens is 144 g/mol. The Morgan fingerprint density at radius 2 is 1.83 bits per heavy atom. The summed E-state index contributed by atoms with van der Waals surface area (Å²) in [4.78, 5) is 0. The van der Waals surface area contributed by atoms with E-state index in [0.29, 0.717) is 0 Å². The summed E-state index contributed by atoms with van der Waals surface area (Å²) >= 11 is 0. The van der Waals surface area contributed by atoms with Crippen molar-refractivity contribution in [2.45, 2.75) is 46.5 Å². The van der Waals surface area contributed by atoms with Crippen LogP contribution in [0.5, 0.6) is 0 Å². The monoisotopic (exact) mass is 166 g/mol. The fourth-order valence-corrected chi connectivity index (χ4v) is 2.81. The molecule has 0 saturated heterocycles. The van der Waals surface area contributed by atoms with Crippen molar-refractivity contribution in [1.29, 1.82) is 0 Å². The van der Waals surface area contributed by atoms with Crippen molar-refractivity contribution in [2.24, 2.45) is 29.6 Å². The second-order valence-electron chi connectivity index (χ2n) is 5.06. The standard InChI is InChI=1S/C12H22/c1-4-8(3)6-9(5-2)12-10-7-11(10)12/h8-12H,4-7H2,1-3H3. The Balaban J connectivity index is 1.75. The molecule has 0 aliphatic heterocycles. The molecule has 12 heavy (non-hydrogen) atoms. The fraction of sp³-hybridized carbons (Fsp3) is 1.00. The van der Waals surface area contributed by atoms with Gasteiger partial charge in [0, 0.05) is 0 Å². The quantitative estimate of drug-likeness (QED) is 0.584. The van der Waals surface area contributed by atoms with Crippen LogP contribution in [0.3, 0.4) is 0 Å². The minimum absolute atomic E-state index is 0.968. The molecule has 0 aromatic carbocycles. The van der Waals surface area contributed by atoms with E-state index in [0.717, 1.165) is 11.8 Å². The second kappa shape index (κ2) is 3.05.